The van der Waals surface area contributed by atoms with E-state index in [1.54, 1.807) is 24.3 Å². The van der Waals surface area contributed by atoms with Gasteiger partial charge in [0.15, 0.2) is 11.8 Å². The van der Waals surface area contributed by atoms with E-state index in [0.29, 0.717) is 16.7 Å². The molecule has 3 heterocycles. The Labute approximate surface area is 151 Å². The molecule has 2 aromatic heterocycles. The molecule has 0 aliphatic carbocycles. The van der Waals surface area contributed by atoms with Gasteiger partial charge < -0.3 is 24.6 Å². The molecule has 3 N–H and O–H groups in total. The Morgan fingerprint density at radius 1 is 1.11 bits per heavy atom. The van der Waals surface area contributed by atoms with E-state index < -0.39 is 42.4 Å². The summed E-state index contributed by atoms with van der Waals surface area (Å²) < 4.78 is 12.5. The van der Waals surface area contributed by atoms with Gasteiger partial charge in [-0.2, -0.15) is 0 Å². The summed E-state index contributed by atoms with van der Waals surface area (Å²) >= 11 is 0. The van der Waals surface area contributed by atoms with Gasteiger partial charge in [0.1, 0.15) is 24.0 Å². The molecule has 4 atom stereocenters. The van der Waals surface area contributed by atoms with Crippen LogP contribution < -0.4 is 11.2 Å². The highest BCUT2D eigenvalue weighted by atomic mass is 16.6. The van der Waals surface area contributed by atoms with Crippen molar-refractivity contribution in [1.29, 1.82) is 0 Å². The number of aromatic nitrogens is 3. The van der Waals surface area contributed by atoms with Crippen molar-refractivity contribution >= 4 is 11.0 Å². The van der Waals surface area contributed by atoms with Crippen LogP contribution in [0.5, 0.6) is 0 Å². The molecular formula is C17H17N3O7. The molecule has 0 spiro atoms. The van der Waals surface area contributed by atoms with Gasteiger partial charge in [0, 0.05) is 17.6 Å². The molecule has 3 aromatic rings. The summed E-state index contributed by atoms with van der Waals surface area (Å²) in [4.78, 5) is 25.1. The fourth-order valence-electron chi connectivity index (χ4n) is 3.18. The average molecular weight is 375 g/mol. The van der Waals surface area contributed by atoms with Crippen LogP contribution in [-0.2, 0) is 11.3 Å². The number of hydrogen-bond acceptors (Lipinski definition) is 8. The number of hydrogen-bond donors (Lipinski definition) is 3. The average Bonchev–Trinajstić information content (AvgIpc) is 3.21. The topological polar surface area (TPSA) is 140 Å². The number of aliphatic hydroxyl groups excluding tert-OH is 3. The van der Waals surface area contributed by atoms with Gasteiger partial charge >= 0.3 is 5.69 Å². The molecule has 27 heavy (non-hydrogen) atoms. The van der Waals surface area contributed by atoms with Gasteiger partial charge in [-0.15, -0.1) is 0 Å². The Hall–Kier alpha value is -2.79. The maximum absolute atomic E-state index is 12.8. The molecule has 4 unspecified atom stereocenters. The van der Waals surface area contributed by atoms with Gasteiger partial charge in [0.2, 0.25) is 0 Å². The fourth-order valence-corrected chi connectivity index (χ4v) is 3.18. The van der Waals surface area contributed by atoms with Crippen molar-refractivity contribution < 1.29 is 24.6 Å². The van der Waals surface area contributed by atoms with E-state index in [-0.39, 0.29) is 6.54 Å². The van der Waals surface area contributed by atoms with Gasteiger partial charge in [0.25, 0.3) is 5.56 Å². The minimum absolute atomic E-state index is 0.135. The van der Waals surface area contributed by atoms with Gasteiger partial charge in [0.05, 0.1) is 13.2 Å². The summed E-state index contributed by atoms with van der Waals surface area (Å²) in [5.74, 6) is 0. The van der Waals surface area contributed by atoms with Crippen LogP contribution in [0.3, 0.4) is 0 Å². The largest absolute Gasteiger partial charge is 0.394 e. The number of nitrogens with zero attached hydrogens (tertiary/aromatic N) is 3. The molecule has 0 radical (unpaired) electrons. The van der Waals surface area contributed by atoms with Crippen LogP contribution in [0.2, 0.25) is 0 Å². The van der Waals surface area contributed by atoms with E-state index in [9.17, 15) is 24.9 Å². The predicted molar refractivity (Wildman–Crippen MR) is 91.1 cm³/mol. The molecule has 1 saturated heterocycles. The molecule has 10 heteroatoms. The third kappa shape index (κ3) is 2.88. The summed E-state index contributed by atoms with van der Waals surface area (Å²) in [6.07, 6.45) is -3.87. The first-order valence-electron chi connectivity index (χ1n) is 8.29. The van der Waals surface area contributed by atoms with Crippen LogP contribution in [0.4, 0.5) is 0 Å². The number of ether oxygens (including phenoxy) is 1. The molecule has 142 valence electrons. The van der Waals surface area contributed by atoms with Gasteiger partial charge in [-0.25, -0.2) is 4.79 Å². The fraction of sp³-hybridized carbons (Fsp3) is 0.353. The van der Waals surface area contributed by atoms with Crippen LogP contribution in [-0.4, -0.2) is 54.5 Å². The lowest BCUT2D eigenvalue weighted by atomic mass is 10.1. The molecule has 1 aromatic carbocycles. The molecule has 10 nitrogen and oxygen atoms in total. The van der Waals surface area contributed by atoms with Crippen molar-refractivity contribution in [3.63, 3.8) is 0 Å². The Bertz CT molecular complexity index is 1090. The van der Waals surface area contributed by atoms with Crippen LogP contribution >= 0.6 is 0 Å². The SMILES string of the molecule is O=c1ccn(C2OC(CO)C(O)C2O)c(=O)n1Cc1noc2ccccc12. The first-order chi connectivity index (χ1) is 13.0. The van der Waals surface area contributed by atoms with E-state index >= 15 is 0 Å². The van der Waals surface area contributed by atoms with Crippen LogP contribution in [0.1, 0.15) is 11.9 Å². The highest BCUT2D eigenvalue weighted by molar-refractivity contribution is 5.79. The second kappa shape index (κ2) is 6.74. The van der Waals surface area contributed by atoms with E-state index in [2.05, 4.69) is 5.16 Å². The number of benzene rings is 1. The number of rotatable bonds is 4. The molecule has 0 saturated carbocycles. The van der Waals surface area contributed by atoms with Crippen molar-refractivity contribution in [1.82, 2.24) is 14.3 Å². The summed E-state index contributed by atoms with van der Waals surface area (Å²) in [5.41, 5.74) is -0.372. The third-order valence-corrected chi connectivity index (χ3v) is 4.65. The summed E-state index contributed by atoms with van der Waals surface area (Å²) in [6.45, 7) is -0.654. The standard InChI is InChI=1S/C17H17N3O7/c21-8-12-14(23)15(24)16(26-12)19-6-5-13(22)20(17(19)25)7-10-9-3-1-2-4-11(9)27-18-10/h1-6,12,14-16,21,23-24H,7-8H2. The maximum atomic E-state index is 12.8. The second-order valence-electron chi connectivity index (χ2n) is 6.28. The first-order valence-corrected chi connectivity index (χ1v) is 8.29. The summed E-state index contributed by atoms with van der Waals surface area (Å²) in [7, 11) is 0. The Balaban J connectivity index is 1.74. The minimum Gasteiger partial charge on any atom is -0.394 e. The third-order valence-electron chi connectivity index (χ3n) is 4.65. The van der Waals surface area contributed by atoms with Gasteiger partial charge in [-0.05, 0) is 12.1 Å². The smallest absolute Gasteiger partial charge is 0.333 e. The monoisotopic (exact) mass is 375 g/mol. The molecule has 1 aliphatic heterocycles. The van der Waals surface area contributed by atoms with Crippen molar-refractivity contribution in [2.45, 2.75) is 31.1 Å². The lowest BCUT2D eigenvalue weighted by Crippen LogP contribution is -2.43. The molecular weight excluding hydrogens is 358 g/mol. The Kier molecular flexibility index (Phi) is 4.40. The molecule has 1 fully saturated rings. The summed E-state index contributed by atoms with van der Waals surface area (Å²) in [6, 6.07) is 8.20. The predicted octanol–water partition coefficient (Wildman–Crippen LogP) is -1.19. The van der Waals surface area contributed by atoms with E-state index in [0.717, 1.165) is 15.2 Å². The van der Waals surface area contributed by atoms with Crippen molar-refractivity contribution in [3.05, 3.63) is 63.1 Å². The maximum Gasteiger partial charge on any atom is 0.333 e. The van der Waals surface area contributed by atoms with Crippen molar-refractivity contribution in [2.24, 2.45) is 0 Å². The van der Waals surface area contributed by atoms with Crippen molar-refractivity contribution in [2.75, 3.05) is 6.61 Å². The Morgan fingerprint density at radius 3 is 2.63 bits per heavy atom. The molecule has 0 amide bonds. The number of para-hydroxylation sites is 1. The zero-order valence-corrected chi connectivity index (χ0v) is 14.0. The number of aliphatic hydroxyl groups is 3. The first kappa shape index (κ1) is 17.6. The minimum atomic E-state index is -1.43. The Morgan fingerprint density at radius 2 is 1.89 bits per heavy atom. The molecule has 1 aliphatic rings. The van der Waals surface area contributed by atoms with Gasteiger partial charge in [-0.1, -0.05) is 17.3 Å². The lowest BCUT2D eigenvalue weighted by Gasteiger charge is -2.18. The highest BCUT2D eigenvalue weighted by Gasteiger charge is 2.43. The van der Waals surface area contributed by atoms with Crippen LogP contribution in [0, 0.1) is 0 Å². The summed E-state index contributed by atoms with van der Waals surface area (Å²) in [5, 5.41) is 33.8. The zero-order valence-electron chi connectivity index (χ0n) is 14.0. The normalized spacial score (nSPS) is 25.3. The van der Waals surface area contributed by atoms with Crippen molar-refractivity contribution in [3.8, 4) is 0 Å². The quantitative estimate of drug-likeness (QED) is 0.517. The van der Waals surface area contributed by atoms with Crippen LogP contribution in [0.15, 0.2) is 50.6 Å². The van der Waals surface area contributed by atoms with Gasteiger partial charge in [-0.3, -0.25) is 13.9 Å². The van der Waals surface area contributed by atoms with Crippen LogP contribution in [0.25, 0.3) is 11.0 Å². The number of fused-ring (bicyclic) bond motifs is 1. The van der Waals surface area contributed by atoms with E-state index in [4.69, 9.17) is 9.26 Å². The molecule has 0 bridgehead atoms. The lowest BCUT2D eigenvalue weighted by molar-refractivity contribution is -0.0555. The highest BCUT2D eigenvalue weighted by Crippen LogP contribution is 2.27. The zero-order chi connectivity index (χ0) is 19.1. The molecule has 4 rings (SSSR count). The van der Waals surface area contributed by atoms with E-state index in [1.807, 2.05) is 0 Å². The second-order valence-corrected chi connectivity index (χ2v) is 6.28. The van der Waals surface area contributed by atoms with E-state index in [1.165, 1.54) is 6.20 Å².